The Bertz CT molecular complexity index is 364. The molecule has 18 heavy (non-hydrogen) atoms. The van der Waals surface area contributed by atoms with Crippen molar-refractivity contribution < 1.29 is 23.4 Å². The third kappa shape index (κ3) is 4.79. The van der Waals surface area contributed by atoms with E-state index in [4.69, 9.17) is 10.2 Å². The number of aliphatic hydroxyl groups is 2. The Morgan fingerprint density at radius 1 is 1.28 bits per heavy atom. The summed E-state index contributed by atoms with van der Waals surface area (Å²) in [5.74, 6) is 0.265. The van der Waals surface area contributed by atoms with Crippen LogP contribution in [0.1, 0.15) is 6.42 Å². The molecule has 8 heteroatoms. The fourth-order valence-corrected chi connectivity index (χ4v) is 3.79. The Labute approximate surface area is 107 Å². The van der Waals surface area contributed by atoms with Crippen molar-refractivity contribution in [2.75, 3.05) is 44.4 Å². The maximum absolute atomic E-state index is 11.7. The number of rotatable bonds is 6. The summed E-state index contributed by atoms with van der Waals surface area (Å²) in [7, 11) is -2.93. The fraction of sp³-hybridized carbons (Fsp3) is 0.900. The average molecular weight is 280 g/mol. The van der Waals surface area contributed by atoms with Gasteiger partial charge in [0.15, 0.2) is 9.84 Å². The Kier molecular flexibility index (Phi) is 5.83. The van der Waals surface area contributed by atoms with Gasteiger partial charge in [-0.05, 0) is 12.3 Å². The average Bonchev–Trinajstić information content (AvgIpc) is 2.66. The largest absolute Gasteiger partial charge is 0.395 e. The van der Waals surface area contributed by atoms with Gasteiger partial charge in [0.25, 0.3) is 0 Å². The van der Waals surface area contributed by atoms with Crippen LogP contribution >= 0.6 is 0 Å². The molecule has 1 saturated heterocycles. The smallest absolute Gasteiger partial charge is 0.317 e. The highest BCUT2D eigenvalue weighted by Crippen LogP contribution is 2.17. The van der Waals surface area contributed by atoms with Crippen LogP contribution in [0.15, 0.2) is 0 Å². The highest BCUT2D eigenvalue weighted by atomic mass is 32.2. The van der Waals surface area contributed by atoms with Crippen LogP contribution in [-0.2, 0) is 9.84 Å². The van der Waals surface area contributed by atoms with Gasteiger partial charge in [-0.2, -0.15) is 0 Å². The van der Waals surface area contributed by atoms with E-state index in [-0.39, 0.29) is 49.8 Å². The molecule has 1 heterocycles. The molecule has 1 rings (SSSR count). The Balaban J connectivity index is 2.35. The fourth-order valence-electron chi connectivity index (χ4n) is 1.93. The van der Waals surface area contributed by atoms with Crippen molar-refractivity contribution in [3.8, 4) is 0 Å². The lowest BCUT2D eigenvalue weighted by molar-refractivity contribution is 0.157. The SMILES string of the molecule is O=C(NC[C@@H]1CCS(=O)(=O)C1)N(CCO)CCO. The summed E-state index contributed by atoms with van der Waals surface area (Å²) in [6.45, 7) is 0.257. The first-order valence-electron chi connectivity index (χ1n) is 5.93. The lowest BCUT2D eigenvalue weighted by Crippen LogP contribution is -2.44. The van der Waals surface area contributed by atoms with Gasteiger partial charge in [-0.15, -0.1) is 0 Å². The van der Waals surface area contributed by atoms with Gasteiger partial charge in [0.2, 0.25) is 0 Å². The number of sulfone groups is 1. The molecule has 0 aromatic rings. The summed E-state index contributed by atoms with van der Waals surface area (Å²) in [4.78, 5) is 13.0. The predicted molar refractivity (Wildman–Crippen MR) is 65.9 cm³/mol. The zero-order valence-electron chi connectivity index (χ0n) is 10.2. The van der Waals surface area contributed by atoms with Gasteiger partial charge in [0.1, 0.15) is 0 Å². The first-order valence-corrected chi connectivity index (χ1v) is 7.75. The number of carbonyl (C=O) groups is 1. The van der Waals surface area contributed by atoms with Crippen molar-refractivity contribution >= 4 is 15.9 Å². The number of hydrogen-bond donors (Lipinski definition) is 3. The Hall–Kier alpha value is -0.860. The molecule has 106 valence electrons. The number of amides is 2. The number of nitrogens with zero attached hydrogens (tertiary/aromatic N) is 1. The molecule has 0 spiro atoms. The highest BCUT2D eigenvalue weighted by Gasteiger charge is 2.28. The monoisotopic (exact) mass is 280 g/mol. The van der Waals surface area contributed by atoms with Gasteiger partial charge < -0.3 is 20.4 Å². The summed E-state index contributed by atoms with van der Waals surface area (Å²) in [5.41, 5.74) is 0. The van der Waals surface area contributed by atoms with Gasteiger partial charge in [0.05, 0.1) is 24.7 Å². The summed E-state index contributed by atoms with van der Waals surface area (Å²) >= 11 is 0. The number of hydrogen-bond acceptors (Lipinski definition) is 5. The zero-order valence-corrected chi connectivity index (χ0v) is 11.0. The number of nitrogens with one attached hydrogen (secondary N) is 1. The molecule has 1 aliphatic rings. The van der Waals surface area contributed by atoms with Gasteiger partial charge in [-0.3, -0.25) is 0 Å². The summed E-state index contributed by atoms with van der Waals surface area (Å²) in [5, 5.41) is 20.2. The van der Waals surface area contributed by atoms with Crippen molar-refractivity contribution in [3.05, 3.63) is 0 Å². The van der Waals surface area contributed by atoms with E-state index in [1.165, 1.54) is 4.90 Å². The van der Waals surface area contributed by atoms with Crippen LogP contribution in [-0.4, -0.2) is 73.9 Å². The third-order valence-electron chi connectivity index (χ3n) is 2.90. The Morgan fingerprint density at radius 2 is 1.89 bits per heavy atom. The van der Waals surface area contributed by atoms with Crippen molar-refractivity contribution in [2.24, 2.45) is 5.92 Å². The van der Waals surface area contributed by atoms with Gasteiger partial charge in [0, 0.05) is 19.6 Å². The molecule has 0 bridgehead atoms. The van der Waals surface area contributed by atoms with E-state index in [0.29, 0.717) is 13.0 Å². The van der Waals surface area contributed by atoms with Gasteiger partial charge in [-0.1, -0.05) is 0 Å². The van der Waals surface area contributed by atoms with E-state index in [0.717, 1.165) is 0 Å². The maximum atomic E-state index is 11.7. The van der Waals surface area contributed by atoms with Crippen LogP contribution in [0, 0.1) is 5.92 Å². The van der Waals surface area contributed by atoms with Crippen molar-refractivity contribution in [3.63, 3.8) is 0 Å². The normalized spacial score (nSPS) is 21.8. The van der Waals surface area contributed by atoms with Crippen LogP contribution in [0.4, 0.5) is 4.79 Å². The topological polar surface area (TPSA) is 107 Å². The molecule has 0 aromatic carbocycles. The summed E-state index contributed by atoms with van der Waals surface area (Å²) < 4.78 is 22.5. The minimum absolute atomic E-state index is 0.0379. The highest BCUT2D eigenvalue weighted by molar-refractivity contribution is 7.91. The molecule has 3 N–H and O–H groups in total. The molecular weight excluding hydrogens is 260 g/mol. The molecule has 1 fully saturated rings. The lowest BCUT2D eigenvalue weighted by Gasteiger charge is -2.22. The van der Waals surface area contributed by atoms with E-state index in [1.807, 2.05) is 0 Å². The second kappa shape index (κ2) is 6.91. The van der Waals surface area contributed by atoms with E-state index in [1.54, 1.807) is 0 Å². The molecular formula is C10H20N2O5S. The van der Waals surface area contributed by atoms with Crippen LogP contribution in [0.25, 0.3) is 0 Å². The van der Waals surface area contributed by atoms with Crippen LogP contribution < -0.4 is 5.32 Å². The van der Waals surface area contributed by atoms with E-state index in [9.17, 15) is 13.2 Å². The molecule has 0 saturated carbocycles. The standard InChI is InChI=1S/C10H20N2O5S/c13-4-2-12(3-5-14)10(15)11-7-9-1-6-18(16,17)8-9/h9,13-14H,1-8H2,(H,11,15)/t9-/m0/s1. The van der Waals surface area contributed by atoms with Crippen molar-refractivity contribution in [1.29, 1.82) is 0 Å². The van der Waals surface area contributed by atoms with E-state index < -0.39 is 9.84 Å². The molecule has 2 amide bonds. The van der Waals surface area contributed by atoms with Crippen molar-refractivity contribution in [1.82, 2.24) is 10.2 Å². The van der Waals surface area contributed by atoms with Gasteiger partial charge in [-0.25, -0.2) is 13.2 Å². The van der Waals surface area contributed by atoms with Gasteiger partial charge >= 0.3 is 6.03 Å². The molecule has 0 aliphatic carbocycles. The maximum Gasteiger partial charge on any atom is 0.317 e. The number of aliphatic hydroxyl groups excluding tert-OH is 2. The first kappa shape index (κ1) is 15.2. The molecule has 1 atom stereocenters. The second-order valence-electron chi connectivity index (χ2n) is 4.39. The number of urea groups is 1. The molecule has 0 aromatic heterocycles. The van der Waals surface area contributed by atoms with Crippen molar-refractivity contribution in [2.45, 2.75) is 6.42 Å². The number of carbonyl (C=O) groups excluding carboxylic acids is 1. The lowest BCUT2D eigenvalue weighted by atomic mass is 10.1. The van der Waals surface area contributed by atoms with Crippen LogP contribution in [0.2, 0.25) is 0 Å². The molecule has 1 aliphatic heterocycles. The minimum Gasteiger partial charge on any atom is -0.395 e. The van der Waals surface area contributed by atoms with E-state index >= 15 is 0 Å². The summed E-state index contributed by atoms with van der Waals surface area (Å²) in [6, 6.07) is -0.387. The molecule has 7 nitrogen and oxygen atoms in total. The molecule has 0 unspecified atom stereocenters. The third-order valence-corrected chi connectivity index (χ3v) is 4.73. The van der Waals surface area contributed by atoms with E-state index in [2.05, 4.69) is 5.32 Å². The summed E-state index contributed by atoms with van der Waals surface area (Å²) in [6.07, 6.45) is 0.572. The minimum atomic E-state index is -2.93. The second-order valence-corrected chi connectivity index (χ2v) is 6.62. The predicted octanol–water partition coefficient (Wildman–Crippen LogP) is -1.58. The van der Waals surface area contributed by atoms with Crippen LogP contribution in [0.3, 0.4) is 0 Å². The van der Waals surface area contributed by atoms with Crippen LogP contribution in [0.5, 0.6) is 0 Å². The quantitative estimate of drug-likeness (QED) is 0.544. The zero-order chi connectivity index (χ0) is 13.6. The first-order chi connectivity index (χ1) is 8.48. The Morgan fingerprint density at radius 3 is 2.33 bits per heavy atom. The molecule has 0 radical (unpaired) electrons.